The number of rotatable bonds is 10. The van der Waals surface area contributed by atoms with Crippen LogP contribution in [-0.4, -0.2) is 83.8 Å². The molecule has 0 saturated carbocycles. The van der Waals surface area contributed by atoms with Crippen LogP contribution < -0.4 is 14.5 Å². The van der Waals surface area contributed by atoms with E-state index in [1.165, 1.54) is 27.6 Å². The van der Waals surface area contributed by atoms with Crippen LogP contribution in [0.2, 0.25) is 0 Å². The van der Waals surface area contributed by atoms with Gasteiger partial charge in [0.2, 0.25) is 6.54 Å². The SMILES string of the molecule is [C-]#[N+]C[C@H]1CN(c2nc(OC[C@@H]3CCCN3Cc3ccccc3)nc3c2CCN(c2cccc4cccc(C)c24)C3)CCN1C(=O)OCc1ccccc1. The lowest BCUT2D eigenvalue weighted by atomic mass is 9.99. The van der Waals surface area contributed by atoms with E-state index >= 15 is 0 Å². The highest BCUT2D eigenvalue weighted by Crippen LogP contribution is 2.36. The van der Waals surface area contributed by atoms with Gasteiger partial charge in [-0.2, -0.15) is 9.97 Å². The molecule has 1 amide bonds. The molecule has 2 saturated heterocycles. The Balaban J connectivity index is 1.06. The molecule has 5 aromatic rings. The zero-order valence-electron chi connectivity index (χ0n) is 30.9. The lowest BCUT2D eigenvalue weighted by Gasteiger charge is -2.40. The number of hydrogen-bond donors (Lipinski definition) is 0. The number of carbonyl (C=O) groups excluding carboxylic acids is 1. The number of anilines is 2. The first-order valence-corrected chi connectivity index (χ1v) is 19.1. The van der Waals surface area contributed by atoms with E-state index in [9.17, 15) is 4.79 Å². The van der Waals surface area contributed by atoms with Gasteiger partial charge in [0.25, 0.3) is 0 Å². The fourth-order valence-electron chi connectivity index (χ4n) is 8.32. The Morgan fingerprint density at radius 2 is 1.63 bits per heavy atom. The quantitative estimate of drug-likeness (QED) is 0.139. The largest absolute Gasteiger partial charge is 0.462 e. The summed E-state index contributed by atoms with van der Waals surface area (Å²) in [7, 11) is 0. The van der Waals surface area contributed by atoms with E-state index in [1.807, 2.05) is 30.3 Å². The van der Waals surface area contributed by atoms with Gasteiger partial charge in [0, 0.05) is 55.4 Å². The van der Waals surface area contributed by atoms with Gasteiger partial charge < -0.3 is 24.1 Å². The number of aromatic nitrogens is 2. The maximum atomic E-state index is 13.4. The van der Waals surface area contributed by atoms with E-state index in [4.69, 9.17) is 26.0 Å². The molecule has 10 heteroatoms. The van der Waals surface area contributed by atoms with Crippen molar-refractivity contribution in [3.8, 4) is 6.01 Å². The fourth-order valence-corrected chi connectivity index (χ4v) is 8.32. The number of fused-ring (bicyclic) bond motifs is 2. The van der Waals surface area contributed by atoms with Crippen LogP contribution in [0.5, 0.6) is 6.01 Å². The van der Waals surface area contributed by atoms with Crippen LogP contribution in [-0.2, 0) is 30.9 Å². The summed E-state index contributed by atoms with van der Waals surface area (Å²) in [5, 5.41) is 2.50. The molecule has 3 aliphatic heterocycles. The van der Waals surface area contributed by atoms with Crippen LogP contribution in [0.15, 0.2) is 97.1 Å². The Labute approximate surface area is 317 Å². The second-order valence-electron chi connectivity index (χ2n) is 14.6. The molecule has 0 N–H and O–H groups in total. The van der Waals surface area contributed by atoms with E-state index in [0.29, 0.717) is 38.8 Å². The van der Waals surface area contributed by atoms with Gasteiger partial charge in [0.05, 0.1) is 12.2 Å². The molecule has 3 aliphatic rings. The van der Waals surface area contributed by atoms with Gasteiger partial charge in [0.15, 0.2) is 0 Å². The first-order valence-electron chi connectivity index (χ1n) is 19.1. The molecule has 4 heterocycles. The van der Waals surface area contributed by atoms with Crippen molar-refractivity contribution < 1.29 is 14.3 Å². The summed E-state index contributed by atoms with van der Waals surface area (Å²) in [6, 6.07) is 33.6. The minimum Gasteiger partial charge on any atom is -0.462 e. The van der Waals surface area contributed by atoms with Crippen LogP contribution in [0, 0.1) is 13.5 Å². The second-order valence-corrected chi connectivity index (χ2v) is 14.6. The molecule has 0 aliphatic carbocycles. The zero-order chi connectivity index (χ0) is 36.9. The molecule has 2 atom stereocenters. The third-order valence-corrected chi connectivity index (χ3v) is 11.1. The van der Waals surface area contributed by atoms with Gasteiger partial charge in [-0.3, -0.25) is 9.80 Å². The van der Waals surface area contributed by atoms with E-state index in [0.717, 1.165) is 61.5 Å². The summed E-state index contributed by atoms with van der Waals surface area (Å²) in [4.78, 5) is 36.2. The zero-order valence-corrected chi connectivity index (χ0v) is 30.9. The topological polar surface area (TPSA) is 78.6 Å². The van der Waals surface area contributed by atoms with Crippen molar-refractivity contribution in [1.82, 2.24) is 19.8 Å². The van der Waals surface area contributed by atoms with Crippen molar-refractivity contribution in [2.24, 2.45) is 0 Å². The van der Waals surface area contributed by atoms with Crippen molar-refractivity contribution in [2.45, 2.75) is 58.0 Å². The van der Waals surface area contributed by atoms with Crippen LogP contribution in [0.4, 0.5) is 16.3 Å². The van der Waals surface area contributed by atoms with Crippen molar-refractivity contribution in [2.75, 3.05) is 55.7 Å². The fraction of sp³-hybridized carbons (Fsp3) is 0.364. The van der Waals surface area contributed by atoms with Crippen LogP contribution in [0.25, 0.3) is 15.6 Å². The van der Waals surface area contributed by atoms with E-state index in [-0.39, 0.29) is 25.2 Å². The molecule has 54 heavy (non-hydrogen) atoms. The summed E-state index contributed by atoms with van der Waals surface area (Å²) in [6.45, 7) is 15.7. The predicted octanol–water partition coefficient (Wildman–Crippen LogP) is 7.29. The van der Waals surface area contributed by atoms with Gasteiger partial charge in [-0.05, 0) is 60.9 Å². The monoisotopic (exact) mass is 721 g/mol. The molecule has 276 valence electrons. The smallest absolute Gasteiger partial charge is 0.410 e. The van der Waals surface area contributed by atoms with Crippen molar-refractivity contribution in [1.29, 1.82) is 0 Å². The van der Waals surface area contributed by atoms with Crippen molar-refractivity contribution in [3.63, 3.8) is 0 Å². The number of ether oxygens (including phenoxy) is 2. The summed E-state index contributed by atoms with van der Waals surface area (Å²) >= 11 is 0. The molecular formula is C44H47N7O3. The van der Waals surface area contributed by atoms with E-state index in [2.05, 4.69) is 93.2 Å². The average Bonchev–Trinajstić information content (AvgIpc) is 3.66. The summed E-state index contributed by atoms with van der Waals surface area (Å²) in [5.74, 6) is 0.851. The molecular weight excluding hydrogens is 675 g/mol. The Morgan fingerprint density at radius 3 is 2.43 bits per heavy atom. The third kappa shape index (κ3) is 7.68. The molecule has 8 rings (SSSR count). The molecule has 2 fully saturated rings. The molecule has 4 aromatic carbocycles. The normalized spacial score (nSPS) is 18.7. The maximum Gasteiger partial charge on any atom is 0.410 e. The number of benzene rings is 4. The van der Waals surface area contributed by atoms with E-state index in [1.54, 1.807) is 4.90 Å². The highest BCUT2D eigenvalue weighted by Gasteiger charge is 2.36. The van der Waals surface area contributed by atoms with Gasteiger partial charge >= 0.3 is 12.1 Å². The third-order valence-electron chi connectivity index (χ3n) is 11.1. The van der Waals surface area contributed by atoms with Crippen LogP contribution in [0.3, 0.4) is 0 Å². The van der Waals surface area contributed by atoms with Crippen LogP contribution in [0.1, 0.15) is 40.8 Å². The number of piperazine rings is 1. The number of hydrogen-bond acceptors (Lipinski definition) is 8. The molecule has 0 radical (unpaired) electrons. The first kappa shape index (κ1) is 35.4. The highest BCUT2D eigenvalue weighted by molar-refractivity contribution is 5.97. The lowest BCUT2D eigenvalue weighted by molar-refractivity contribution is 0.0788. The number of aryl methyl sites for hydroxylation is 1. The molecule has 1 aromatic heterocycles. The number of carbonyl (C=O) groups is 1. The molecule has 0 spiro atoms. The summed E-state index contributed by atoms with van der Waals surface area (Å²) < 4.78 is 12.3. The lowest BCUT2D eigenvalue weighted by Crippen LogP contribution is -2.57. The second kappa shape index (κ2) is 16.1. The Bertz CT molecular complexity index is 2120. The van der Waals surface area contributed by atoms with E-state index < -0.39 is 6.09 Å². The molecule has 0 bridgehead atoms. The van der Waals surface area contributed by atoms with Gasteiger partial charge in [-0.1, -0.05) is 91.0 Å². The van der Waals surface area contributed by atoms with Crippen molar-refractivity contribution >= 4 is 28.4 Å². The molecule has 0 unspecified atom stereocenters. The van der Waals surface area contributed by atoms with Crippen molar-refractivity contribution in [3.05, 3.63) is 136 Å². The number of likely N-dealkylation sites (tertiary alicyclic amines) is 1. The average molecular weight is 722 g/mol. The standard InChI is InChI=1S/C44H47N7O3/c1-32-12-9-17-35-18-10-20-40(41(32)35)49-23-21-38-39(29-49)46-43(53-31-36-19-11-22-48(36)27-33-13-5-3-6-14-33)47-42(38)50-24-25-51(37(28-50)26-45-2)44(52)54-30-34-15-7-4-8-16-34/h3-10,12-18,20,36-37H,11,19,21-31H2,1H3/t36-,37-/m0/s1. The first-order chi connectivity index (χ1) is 26.5. The van der Waals surface area contributed by atoms with Gasteiger partial charge in [-0.15, -0.1) is 0 Å². The number of nitrogens with zero attached hydrogens (tertiary/aromatic N) is 7. The Kier molecular flexibility index (Phi) is 10.6. The van der Waals surface area contributed by atoms with Gasteiger partial charge in [-0.25, -0.2) is 11.4 Å². The maximum absolute atomic E-state index is 13.4. The predicted molar refractivity (Wildman–Crippen MR) is 212 cm³/mol. The molecule has 10 nitrogen and oxygen atoms in total. The highest BCUT2D eigenvalue weighted by atomic mass is 16.6. The van der Waals surface area contributed by atoms with Crippen LogP contribution >= 0.6 is 0 Å². The Hall–Kier alpha value is -5.66. The minimum atomic E-state index is -0.390. The summed E-state index contributed by atoms with van der Waals surface area (Å²) in [5.41, 5.74) is 6.78. The summed E-state index contributed by atoms with van der Waals surface area (Å²) in [6.07, 6.45) is 2.59. The minimum absolute atomic E-state index is 0.181. The van der Waals surface area contributed by atoms with Gasteiger partial charge in [0.1, 0.15) is 25.1 Å². The number of amides is 1. The Morgan fingerprint density at radius 1 is 0.852 bits per heavy atom.